The average Bonchev–Trinajstić information content (AvgIpc) is 3.07. The monoisotopic (exact) mass is 392 g/mol. The highest BCUT2D eigenvalue weighted by atomic mass is 19.4. The molecule has 3 rings (SSSR count). The van der Waals surface area contributed by atoms with Crippen molar-refractivity contribution >= 4 is 17.6 Å². The molecule has 0 radical (unpaired) electrons. The van der Waals surface area contributed by atoms with Gasteiger partial charge in [0.25, 0.3) is 5.91 Å². The zero-order chi connectivity index (χ0) is 20.3. The van der Waals surface area contributed by atoms with E-state index in [-0.39, 0.29) is 25.5 Å². The minimum Gasteiger partial charge on any atom is -0.481 e. The normalized spacial score (nSPS) is 20.1. The van der Waals surface area contributed by atoms with Crippen LogP contribution in [0.5, 0.6) is 0 Å². The first kappa shape index (κ1) is 19.9. The van der Waals surface area contributed by atoms with Crippen LogP contribution in [-0.2, 0) is 11.3 Å². The van der Waals surface area contributed by atoms with Gasteiger partial charge >= 0.3 is 12.1 Å². The van der Waals surface area contributed by atoms with E-state index >= 15 is 0 Å². The van der Waals surface area contributed by atoms with E-state index in [4.69, 9.17) is 5.11 Å². The molecular formula is C20H19F3N2O3. The minimum absolute atomic E-state index is 0.142. The molecule has 1 fully saturated rings. The lowest BCUT2D eigenvalue weighted by Crippen LogP contribution is -2.33. The van der Waals surface area contributed by atoms with Crippen molar-refractivity contribution in [3.63, 3.8) is 0 Å². The minimum atomic E-state index is -4.56. The van der Waals surface area contributed by atoms with Crippen molar-refractivity contribution in [1.82, 2.24) is 4.90 Å². The van der Waals surface area contributed by atoms with Gasteiger partial charge in [-0.05, 0) is 29.8 Å². The van der Waals surface area contributed by atoms with Gasteiger partial charge in [-0.25, -0.2) is 0 Å². The number of carboxylic acids is 1. The molecule has 148 valence electrons. The summed E-state index contributed by atoms with van der Waals surface area (Å²) in [6, 6.07) is 15.5. The van der Waals surface area contributed by atoms with Gasteiger partial charge in [-0.15, -0.1) is 0 Å². The summed E-state index contributed by atoms with van der Waals surface area (Å²) < 4.78 is 39.4. The molecule has 2 atom stereocenters. The number of carbonyl (C=O) groups excluding carboxylic acids is 1. The molecular weight excluding hydrogens is 373 g/mol. The third-order valence-electron chi connectivity index (χ3n) is 4.76. The van der Waals surface area contributed by atoms with Crippen LogP contribution < -0.4 is 5.32 Å². The quantitative estimate of drug-likeness (QED) is 0.815. The number of aliphatic carboxylic acids is 1. The van der Waals surface area contributed by atoms with E-state index in [0.29, 0.717) is 16.8 Å². The van der Waals surface area contributed by atoms with Crippen LogP contribution in [0.1, 0.15) is 15.9 Å². The van der Waals surface area contributed by atoms with E-state index in [2.05, 4.69) is 5.32 Å². The fourth-order valence-electron chi connectivity index (χ4n) is 3.39. The number of benzene rings is 2. The fourth-order valence-corrected chi connectivity index (χ4v) is 3.39. The topological polar surface area (TPSA) is 69.6 Å². The van der Waals surface area contributed by atoms with Crippen LogP contribution in [0.4, 0.5) is 18.9 Å². The van der Waals surface area contributed by atoms with Crippen LogP contribution in [0.3, 0.4) is 0 Å². The Labute approximate surface area is 159 Å². The number of hydrogen-bond donors (Lipinski definition) is 2. The van der Waals surface area contributed by atoms with Gasteiger partial charge in [-0.2, -0.15) is 13.2 Å². The number of halogens is 3. The molecule has 1 aliphatic rings. The molecule has 28 heavy (non-hydrogen) atoms. The van der Waals surface area contributed by atoms with Crippen LogP contribution in [-0.4, -0.2) is 41.1 Å². The molecule has 2 N–H and O–H groups in total. The van der Waals surface area contributed by atoms with Crippen molar-refractivity contribution in [3.8, 4) is 0 Å². The summed E-state index contributed by atoms with van der Waals surface area (Å²) in [6.07, 6.45) is -4.56. The van der Waals surface area contributed by atoms with E-state index in [1.165, 1.54) is 4.90 Å². The molecule has 1 heterocycles. The van der Waals surface area contributed by atoms with Crippen molar-refractivity contribution in [2.24, 2.45) is 11.8 Å². The van der Waals surface area contributed by atoms with E-state index in [1.54, 1.807) is 48.5 Å². The van der Waals surface area contributed by atoms with Crippen molar-refractivity contribution in [3.05, 3.63) is 65.7 Å². The van der Waals surface area contributed by atoms with Gasteiger partial charge in [0.1, 0.15) is 0 Å². The lowest BCUT2D eigenvalue weighted by atomic mass is 9.96. The van der Waals surface area contributed by atoms with Gasteiger partial charge < -0.3 is 10.4 Å². The largest absolute Gasteiger partial charge is 0.481 e. The summed E-state index contributed by atoms with van der Waals surface area (Å²) in [5.74, 6) is -5.15. The lowest BCUT2D eigenvalue weighted by molar-refractivity contribution is -0.188. The van der Waals surface area contributed by atoms with E-state index in [1.807, 2.05) is 6.07 Å². The smallest absolute Gasteiger partial charge is 0.393 e. The maximum atomic E-state index is 13.1. The van der Waals surface area contributed by atoms with E-state index in [0.717, 1.165) is 0 Å². The molecule has 0 saturated carbocycles. The van der Waals surface area contributed by atoms with Crippen LogP contribution in [0, 0.1) is 11.8 Å². The first-order valence-corrected chi connectivity index (χ1v) is 8.71. The summed E-state index contributed by atoms with van der Waals surface area (Å²) >= 11 is 0. The Hall–Kier alpha value is -2.87. The van der Waals surface area contributed by atoms with Gasteiger partial charge in [-0.1, -0.05) is 30.3 Å². The number of nitrogens with one attached hydrogen (secondary N) is 1. The second kappa shape index (κ2) is 8.02. The Morgan fingerprint density at radius 1 is 1.07 bits per heavy atom. The zero-order valence-corrected chi connectivity index (χ0v) is 14.8. The van der Waals surface area contributed by atoms with Gasteiger partial charge in [0.2, 0.25) is 0 Å². The standard InChI is InChI=1S/C20H19F3N2O3/c21-20(22,23)17-12-25(11-16(17)19(27)28)10-13-5-4-6-14(9-13)18(26)24-15-7-2-1-3-8-15/h1-9,16-17H,10-12H2,(H,24,26)(H,27,28)/t16-,17-/m1/s1. The van der Waals surface area contributed by atoms with Crippen LogP contribution in [0.2, 0.25) is 0 Å². The van der Waals surface area contributed by atoms with Crippen LogP contribution >= 0.6 is 0 Å². The third kappa shape index (κ3) is 4.69. The number of anilines is 1. The summed E-state index contributed by atoms with van der Waals surface area (Å²) in [6.45, 7) is -0.413. The highest BCUT2D eigenvalue weighted by molar-refractivity contribution is 6.04. The molecule has 0 spiro atoms. The van der Waals surface area contributed by atoms with E-state index < -0.39 is 24.0 Å². The maximum Gasteiger partial charge on any atom is 0.393 e. The number of likely N-dealkylation sites (tertiary alicyclic amines) is 1. The second-order valence-electron chi connectivity index (χ2n) is 6.81. The summed E-state index contributed by atoms with van der Waals surface area (Å²) in [4.78, 5) is 25.0. The Morgan fingerprint density at radius 2 is 1.79 bits per heavy atom. The lowest BCUT2D eigenvalue weighted by Gasteiger charge is -2.18. The molecule has 2 aromatic rings. The molecule has 0 bridgehead atoms. The SMILES string of the molecule is O=C(Nc1ccccc1)c1cccc(CN2C[C@@H](C(F)(F)F)[C@H](C(=O)O)C2)c1. The van der Waals surface area contributed by atoms with Gasteiger partial charge in [0.05, 0.1) is 11.8 Å². The first-order chi connectivity index (χ1) is 13.2. The van der Waals surface area contributed by atoms with Crippen molar-refractivity contribution in [1.29, 1.82) is 0 Å². The molecule has 0 aromatic heterocycles. The number of hydrogen-bond acceptors (Lipinski definition) is 3. The predicted molar refractivity (Wildman–Crippen MR) is 96.8 cm³/mol. The molecule has 1 saturated heterocycles. The molecule has 2 aromatic carbocycles. The number of carbonyl (C=O) groups is 2. The molecule has 8 heteroatoms. The zero-order valence-electron chi connectivity index (χ0n) is 14.8. The average molecular weight is 392 g/mol. The van der Waals surface area contributed by atoms with Gasteiger partial charge in [0, 0.05) is 30.9 Å². The first-order valence-electron chi connectivity index (χ1n) is 8.71. The highest BCUT2D eigenvalue weighted by Gasteiger charge is 2.52. The molecule has 1 aliphatic heterocycles. The number of carboxylic acid groups (broad SMARTS) is 1. The molecule has 0 unspecified atom stereocenters. The van der Waals surface area contributed by atoms with E-state index in [9.17, 15) is 22.8 Å². The molecule has 0 aliphatic carbocycles. The Kier molecular flexibility index (Phi) is 5.69. The second-order valence-corrected chi connectivity index (χ2v) is 6.81. The summed E-state index contributed by atoms with van der Waals surface area (Å²) in [5.41, 5.74) is 1.66. The molecule has 1 amide bonds. The number of alkyl halides is 3. The van der Waals surface area contributed by atoms with Crippen LogP contribution in [0.25, 0.3) is 0 Å². The summed E-state index contributed by atoms with van der Waals surface area (Å²) in [7, 11) is 0. The Bertz CT molecular complexity index is 855. The Morgan fingerprint density at radius 3 is 2.39 bits per heavy atom. The number of rotatable bonds is 5. The number of para-hydroxylation sites is 1. The third-order valence-corrected chi connectivity index (χ3v) is 4.76. The van der Waals surface area contributed by atoms with Gasteiger partial charge in [0.15, 0.2) is 0 Å². The number of nitrogens with zero attached hydrogens (tertiary/aromatic N) is 1. The number of amides is 1. The highest BCUT2D eigenvalue weighted by Crippen LogP contribution is 2.38. The van der Waals surface area contributed by atoms with Gasteiger partial charge in [-0.3, -0.25) is 14.5 Å². The Balaban J connectivity index is 1.69. The molecule has 5 nitrogen and oxygen atoms in total. The van der Waals surface area contributed by atoms with Crippen molar-refractivity contribution in [2.45, 2.75) is 12.7 Å². The fraction of sp³-hybridized carbons (Fsp3) is 0.300. The van der Waals surface area contributed by atoms with Crippen LogP contribution in [0.15, 0.2) is 54.6 Å². The van der Waals surface area contributed by atoms with Crippen molar-refractivity contribution in [2.75, 3.05) is 18.4 Å². The maximum absolute atomic E-state index is 13.1. The summed E-state index contributed by atoms with van der Waals surface area (Å²) in [5, 5.41) is 11.9. The predicted octanol–water partition coefficient (Wildman–Crippen LogP) is 3.63. The van der Waals surface area contributed by atoms with Crippen molar-refractivity contribution < 1.29 is 27.9 Å².